The summed E-state index contributed by atoms with van der Waals surface area (Å²) in [6, 6.07) is 10.3. The van der Waals surface area contributed by atoms with E-state index in [2.05, 4.69) is 27.4 Å². The zero-order chi connectivity index (χ0) is 10.5. The maximum Gasteiger partial charge on any atom is 0.0801 e. The van der Waals surface area contributed by atoms with E-state index in [1.54, 1.807) is 18.6 Å². The van der Waals surface area contributed by atoms with E-state index in [1.807, 2.05) is 25.2 Å². The highest BCUT2D eigenvalue weighted by molar-refractivity contribution is 5.26. The minimum atomic E-state index is 0.111. The van der Waals surface area contributed by atoms with Crippen LogP contribution >= 0.6 is 0 Å². The van der Waals surface area contributed by atoms with Crippen LogP contribution in [0.3, 0.4) is 0 Å². The normalized spacial score (nSPS) is 12.3. The van der Waals surface area contributed by atoms with Crippen LogP contribution in [0.25, 0.3) is 0 Å². The van der Waals surface area contributed by atoms with Crippen LogP contribution in [-0.4, -0.2) is 17.0 Å². The Balaban J connectivity index is 2.34. The van der Waals surface area contributed by atoms with E-state index in [9.17, 15) is 0 Å². The van der Waals surface area contributed by atoms with Crippen LogP contribution in [0, 0.1) is 0 Å². The lowest BCUT2D eigenvalue weighted by molar-refractivity contribution is 0.667. The number of nitrogens with one attached hydrogen (secondary N) is 1. The lowest BCUT2D eigenvalue weighted by Gasteiger charge is -2.15. The standard InChI is InChI=1S/C12H13N3/c1-13-12(10-5-3-2-4-6-10)11-9-14-7-8-15-11/h2-9,12-13H,1H3. The van der Waals surface area contributed by atoms with Crippen LogP contribution in [0.2, 0.25) is 0 Å². The van der Waals surface area contributed by atoms with Crippen molar-refractivity contribution in [2.24, 2.45) is 0 Å². The van der Waals surface area contributed by atoms with E-state index < -0.39 is 0 Å². The molecular weight excluding hydrogens is 186 g/mol. The van der Waals surface area contributed by atoms with Crippen LogP contribution < -0.4 is 5.32 Å². The molecule has 1 N–H and O–H groups in total. The molecule has 0 radical (unpaired) electrons. The monoisotopic (exact) mass is 199 g/mol. The molecule has 0 saturated carbocycles. The molecular formula is C12H13N3. The van der Waals surface area contributed by atoms with Crippen molar-refractivity contribution >= 4 is 0 Å². The van der Waals surface area contributed by atoms with E-state index in [-0.39, 0.29) is 6.04 Å². The van der Waals surface area contributed by atoms with Crippen LogP contribution in [0.1, 0.15) is 17.3 Å². The molecule has 1 aromatic carbocycles. The SMILES string of the molecule is CNC(c1ccccc1)c1cnccn1. The Morgan fingerprint density at radius 1 is 1.13 bits per heavy atom. The molecule has 3 nitrogen and oxygen atoms in total. The van der Waals surface area contributed by atoms with Gasteiger partial charge in [0.1, 0.15) is 0 Å². The molecule has 0 bridgehead atoms. The zero-order valence-electron chi connectivity index (χ0n) is 8.59. The molecule has 0 saturated heterocycles. The van der Waals surface area contributed by atoms with Crippen LogP contribution in [-0.2, 0) is 0 Å². The molecule has 0 aliphatic rings. The molecule has 0 amide bonds. The van der Waals surface area contributed by atoms with Gasteiger partial charge in [0.25, 0.3) is 0 Å². The Morgan fingerprint density at radius 2 is 1.93 bits per heavy atom. The van der Waals surface area contributed by atoms with Gasteiger partial charge in [0.2, 0.25) is 0 Å². The van der Waals surface area contributed by atoms with E-state index in [1.165, 1.54) is 5.56 Å². The molecule has 3 heteroatoms. The van der Waals surface area contributed by atoms with Gasteiger partial charge in [-0.25, -0.2) is 0 Å². The largest absolute Gasteiger partial charge is 0.308 e. The van der Waals surface area contributed by atoms with E-state index in [4.69, 9.17) is 0 Å². The van der Waals surface area contributed by atoms with Gasteiger partial charge in [0.15, 0.2) is 0 Å². The van der Waals surface area contributed by atoms with Gasteiger partial charge in [-0.1, -0.05) is 30.3 Å². The van der Waals surface area contributed by atoms with Gasteiger partial charge in [-0.05, 0) is 12.6 Å². The summed E-state index contributed by atoms with van der Waals surface area (Å²) in [4.78, 5) is 8.38. The maximum absolute atomic E-state index is 4.30. The Bertz CT molecular complexity index is 360. The molecule has 0 spiro atoms. The number of aromatic nitrogens is 2. The van der Waals surface area contributed by atoms with Gasteiger partial charge < -0.3 is 5.32 Å². The lowest BCUT2D eigenvalue weighted by Crippen LogP contribution is -2.18. The smallest absolute Gasteiger partial charge is 0.0801 e. The molecule has 1 heterocycles. The van der Waals surface area contributed by atoms with E-state index in [0.29, 0.717) is 0 Å². The quantitative estimate of drug-likeness (QED) is 0.818. The summed E-state index contributed by atoms with van der Waals surface area (Å²) in [5, 5.41) is 3.23. The lowest BCUT2D eigenvalue weighted by atomic mass is 10.0. The minimum Gasteiger partial charge on any atom is -0.308 e. The first-order chi connectivity index (χ1) is 7.42. The number of nitrogens with zero attached hydrogens (tertiary/aromatic N) is 2. The molecule has 0 fully saturated rings. The average molecular weight is 199 g/mol. The fourth-order valence-corrected chi connectivity index (χ4v) is 1.59. The van der Waals surface area contributed by atoms with Gasteiger partial charge >= 0.3 is 0 Å². The third-order valence-electron chi connectivity index (χ3n) is 2.30. The summed E-state index contributed by atoms with van der Waals surface area (Å²) in [6.45, 7) is 0. The van der Waals surface area contributed by atoms with E-state index in [0.717, 1.165) is 5.69 Å². The predicted octanol–water partition coefficient (Wildman–Crippen LogP) is 1.79. The summed E-state index contributed by atoms with van der Waals surface area (Å²) in [5.41, 5.74) is 2.13. The van der Waals surface area contributed by atoms with Crippen molar-refractivity contribution < 1.29 is 0 Å². The number of hydrogen-bond donors (Lipinski definition) is 1. The van der Waals surface area contributed by atoms with E-state index >= 15 is 0 Å². The fraction of sp³-hybridized carbons (Fsp3) is 0.167. The summed E-state index contributed by atoms with van der Waals surface area (Å²) in [5.74, 6) is 0. The van der Waals surface area contributed by atoms with Crippen LogP contribution in [0.5, 0.6) is 0 Å². The Morgan fingerprint density at radius 3 is 2.53 bits per heavy atom. The van der Waals surface area contributed by atoms with Crippen molar-refractivity contribution in [3.8, 4) is 0 Å². The Kier molecular flexibility index (Phi) is 3.05. The van der Waals surface area contributed by atoms with Gasteiger partial charge in [-0.2, -0.15) is 0 Å². The van der Waals surface area contributed by atoms with Gasteiger partial charge in [-0.3, -0.25) is 9.97 Å². The maximum atomic E-state index is 4.30. The molecule has 2 aromatic rings. The number of hydrogen-bond acceptors (Lipinski definition) is 3. The molecule has 15 heavy (non-hydrogen) atoms. The number of rotatable bonds is 3. The third-order valence-corrected chi connectivity index (χ3v) is 2.30. The topological polar surface area (TPSA) is 37.8 Å². The van der Waals surface area contributed by atoms with Crippen LogP contribution in [0.4, 0.5) is 0 Å². The third kappa shape index (κ3) is 2.19. The molecule has 1 atom stereocenters. The molecule has 1 aromatic heterocycles. The fourth-order valence-electron chi connectivity index (χ4n) is 1.59. The Labute approximate surface area is 89.2 Å². The molecule has 76 valence electrons. The molecule has 2 rings (SSSR count). The second-order valence-corrected chi connectivity index (χ2v) is 3.26. The van der Waals surface area contributed by atoms with Crippen LogP contribution in [0.15, 0.2) is 48.9 Å². The molecule has 0 aliphatic heterocycles. The van der Waals surface area contributed by atoms with Crippen molar-refractivity contribution in [2.45, 2.75) is 6.04 Å². The highest BCUT2D eigenvalue weighted by Gasteiger charge is 2.11. The summed E-state index contributed by atoms with van der Waals surface area (Å²) in [7, 11) is 1.92. The van der Waals surface area contributed by atoms with Crippen molar-refractivity contribution in [2.75, 3.05) is 7.05 Å². The van der Waals surface area contributed by atoms with Gasteiger partial charge in [0.05, 0.1) is 17.9 Å². The van der Waals surface area contributed by atoms with Crippen molar-refractivity contribution in [3.63, 3.8) is 0 Å². The molecule has 0 aliphatic carbocycles. The first-order valence-electron chi connectivity index (χ1n) is 4.90. The zero-order valence-corrected chi connectivity index (χ0v) is 8.59. The second-order valence-electron chi connectivity index (χ2n) is 3.26. The summed E-state index contributed by atoms with van der Waals surface area (Å²) >= 11 is 0. The van der Waals surface area contributed by atoms with Gasteiger partial charge in [0, 0.05) is 12.4 Å². The highest BCUT2D eigenvalue weighted by atomic mass is 14.9. The predicted molar refractivity (Wildman–Crippen MR) is 59.4 cm³/mol. The Hall–Kier alpha value is -1.74. The summed E-state index contributed by atoms with van der Waals surface area (Å²) in [6.07, 6.45) is 5.18. The minimum absolute atomic E-state index is 0.111. The van der Waals surface area contributed by atoms with Crippen molar-refractivity contribution in [1.29, 1.82) is 0 Å². The summed E-state index contributed by atoms with van der Waals surface area (Å²) < 4.78 is 0. The first kappa shape index (κ1) is 9.80. The highest BCUT2D eigenvalue weighted by Crippen LogP contribution is 2.18. The van der Waals surface area contributed by atoms with Gasteiger partial charge in [-0.15, -0.1) is 0 Å². The van der Waals surface area contributed by atoms with Crippen molar-refractivity contribution in [3.05, 3.63) is 60.2 Å². The first-order valence-corrected chi connectivity index (χ1v) is 4.90. The average Bonchev–Trinajstić information content (AvgIpc) is 2.33. The van der Waals surface area contributed by atoms with Crippen molar-refractivity contribution in [1.82, 2.24) is 15.3 Å². The second kappa shape index (κ2) is 4.66. The number of benzene rings is 1. The molecule has 1 unspecified atom stereocenters.